The zero-order valence-electron chi connectivity index (χ0n) is 9.82. The SMILES string of the molecule is COCC(N)CN(C)Cc1ccc(Br)cc1. The smallest absolute Gasteiger partial charge is 0.0626 e. The van der Waals surface area contributed by atoms with E-state index in [1.54, 1.807) is 7.11 Å². The zero-order valence-corrected chi connectivity index (χ0v) is 11.4. The standard InChI is InChI=1S/C12H19BrN2O/c1-15(8-12(14)9-16-2)7-10-3-5-11(13)6-4-10/h3-6,12H,7-9,14H2,1-2H3. The van der Waals surface area contributed by atoms with Crippen LogP contribution in [0.3, 0.4) is 0 Å². The topological polar surface area (TPSA) is 38.5 Å². The number of halogens is 1. The summed E-state index contributed by atoms with van der Waals surface area (Å²) in [7, 11) is 3.74. The Labute approximate surface area is 106 Å². The Morgan fingerprint density at radius 3 is 2.56 bits per heavy atom. The van der Waals surface area contributed by atoms with Crippen LogP contribution in [-0.2, 0) is 11.3 Å². The first kappa shape index (κ1) is 13.6. The van der Waals surface area contributed by atoms with Crippen LogP contribution in [0.5, 0.6) is 0 Å². The molecular formula is C12H19BrN2O. The lowest BCUT2D eigenvalue weighted by Crippen LogP contribution is -2.38. The summed E-state index contributed by atoms with van der Waals surface area (Å²) < 4.78 is 6.12. The Bertz CT molecular complexity index is 302. The van der Waals surface area contributed by atoms with Gasteiger partial charge in [-0.05, 0) is 24.7 Å². The molecule has 1 unspecified atom stereocenters. The molecule has 3 nitrogen and oxygen atoms in total. The van der Waals surface area contributed by atoms with E-state index < -0.39 is 0 Å². The van der Waals surface area contributed by atoms with Gasteiger partial charge in [0.1, 0.15) is 0 Å². The quantitative estimate of drug-likeness (QED) is 0.868. The number of nitrogens with two attached hydrogens (primary N) is 1. The van der Waals surface area contributed by atoms with E-state index in [4.69, 9.17) is 10.5 Å². The summed E-state index contributed by atoms with van der Waals surface area (Å²) in [6, 6.07) is 8.41. The monoisotopic (exact) mass is 286 g/mol. The number of hydrogen-bond acceptors (Lipinski definition) is 3. The Morgan fingerprint density at radius 1 is 1.38 bits per heavy atom. The predicted molar refractivity (Wildman–Crippen MR) is 70.3 cm³/mol. The number of nitrogens with zero attached hydrogens (tertiary/aromatic N) is 1. The van der Waals surface area contributed by atoms with Crippen LogP contribution in [0.15, 0.2) is 28.7 Å². The fraction of sp³-hybridized carbons (Fsp3) is 0.500. The summed E-state index contributed by atoms with van der Waals surface area (Å²) in [5, 5.41) is 0. The molecule has 90 valence electrons. The lowest BCUT2D eigenvalue weighted by Gasteiger charge is -2.20. The Hall–Kier alpha value is -0.420. The summed E-state index contributed by atoms with van der Waals surface area (Å²) >= 11 is 3.42. The number of ether oxygens (including phenoxy) is 1. The van der Waals surface area contributed by atoms with Gasteiger partial charge in [0.2, 0.25) is 0 Å². The molecule has 0 aromatic heterocycles. The van der Waals surface area contributed by atoms with Gasteiger partial charge >= 0.3 is 0 Å². The zero-order chi connectivity index (χ0) is 12.0. The maximum Gasteiger partial charge on any atom is 0.0626 e. The molecule has 0 amide bonds. The molecule has 1 aromatic rings. The van der Waals surface area contributed by atoms with E-state index in [-0.39, 0.29) is 6.04 Å². The second-order valence-corrected chi connectivity index (χ2v) is 4.95. The largest absolute Gasteiger partial charge is 0.383 e. The molecule has 1 aromatic carbocycles. The van der Waals surface area contributed by atoms with Crippen LogP contribution in [-0.4, -0.2) is 38.3 Å². The number of hydrogen-bond donors (Lipinski definition) is 1. The molecule has 2 N–H and O–H groups in total. The normalized spacial score (nSPS) is 13.1. The first-order valence-electron chi connectivity index (χ1n) is 5.29. The number of likely N-dealkylation sites (N-methyl/N-ethyl adjacent to an activating group) is 1. The van der Waals surface area contributed by atoms with Gasteiger partial charge in [-0.1, -0.05) is 28.1 Å². The van der Waals surface area contributed by atoms with Crippen molar-refractivity contribution in [1.82, 2.24) is 4.90 Å². The molecule has 16 heavy (non-hydrogen) atoms. The molecule has 0 spiro atoms. The van der Waals surface area contributed by atoms with Crippen LogP contribution >= 0.6 is 15.9 Å². The second-order valence-electron chi connectivity index (χ2n) is 4.04. The van der Waals surface area contributed by atoms with Crippen LogP contribution in [0.25, 0.3) is 0 Å². The van der Waals surface area contributed by atoms with Crippen molar-refractivity contribution in [3.63, 3.8) is 0 Å². The molecule has 0 aliphatic heterocycles. The van der Waals surface area contributed by atoms with E-state index in [1.165, 1.54) is 5.56 Å². The minimum Gasteiger partial charge on any atom is -0.383 e. The predicted octanol–water partition coefficient (Wildman–Crippen LogP) is 1.85. The van der Waals surface area contributed by atoms with Gasteiger partial charge in [-0.3, -0.25) is 0 Å². The van der Waals surface area contributed by atoms with E-state index in [1.807, 2.05) is 0 Å². The van der Waals surface area contributed by atoms with Crippen LogP contribution in [0.4, 0.5) is 0 Å². The van der Waals surface area contributed by atoms with Crippen molar-refractivity contribution in [3.05, 3.63) is 34.3 Å². The highest BCUT2D eigenvalue weighted by atomic mass is 79.9. The van der Waals surface area contributed by atoms with Crippen molar-refractivity contribution in [3.8, 4) is 0 Å². The van der Waals surface area contributed by atoms with Crippen molar-refractivity contribution >= 4 is 15.9 Å². The molecule has 0 aliphatic rings. The van der Waals surface area contributed by atoms with Crippen LogP contribution < -0.4 is 5.73 Å². The molecule has 1 atom stereocenters. The fourth-order valence-corrected chi connectivity index (χ4v) is 1.90. The summed E-state index contributed by atoms with van der Waals surface area (Å²) in [6.07, 6.45) is 0. The van der Waals surface area contributed by atoms with Gasteiger partial charge in [-0.2, -0.15) is 0 Å². The highest BCUT2D eigenvalue weighted by molar-refractivity contribution is 9.10. The molecule has 0 radical (unpaired) electrons. The second kappa shape index (κ2) is 7.01. The Morgan fingerprint density at radius 2 is 2.00 bits per heavy atom. The van der Waals surface area contributed by atoms with Gasteiger partial charge in [-0.15, -0.1) is 0 Å². The maximum absolute atomic E-state index is 5.89. The fourth-order valence-electron chi connectivity index (χ4n) is 1.63. The van der Waals surface area contributed by atoms with E-state index >= 15 is 0 Å². The minimum atomic E-state index is 0.0745. The van der Waals surface area contributed by atoms with Gasteiger partial charge in [0.05, 0.1) is 6.61 Å². The maximum atomic E-state index is 5.89. The van der Waals surface area contributed by atoms with E-state index in [0.717, 1.165) is 17.6 Å². The summed E-state index contributed by atoms with van der Waals surface area (Å²) in [5.41, 5.74) is 7.18. The van der Waals surface area contributed by atoms with Crippen LogP contribution in [0.1, 0.15) is 5.56 Å². The highest BCUT2D eigenvalue weighted by Gasteiger charge is 2.06. The molecule has 0 saturated carbocycles. The highest BCUT2D eigenvalue weighted by Crippen LogP contribution is 2.11. The number of benzene rings is 1. The van der Waals surface area contributed by atoms with Gasteiger partial charge < -0.3 is 15.4 Å². The molecule has 4 heteroatoms. The first-order chi connectivity index (χ1) is 7.61. The number of rotatable bonds is 6. The Balaban J connectivity index is 2.39. The third kappa shape index (κ3) is 5.07. The van der Waals surface area contributed by atoms with Crippen molar-refractivity contribution in [2.24, 2.45) is 5.73 Å². The Kier molecular flexibility index (Phi) is 5.98. The average Bonchev–Trinajstić information content (AvgIpc) is 2.21. The van der Waals surface area contributed by atoms with Crippen molar-refractivity contribution in [1.29, 1.82) is 0 Å². The molecule has 0 bridgehead atoms. The summed E-state index contributed by atoms with van der Waals surface area (Å²) in [4.78, 5) is 2.20. The number of methoxy groups -OCH3 is 1. The molecule has 0 aliphatic carbocycles. The minimum absolute atomic E-state index is 0.0745. The van der Waals surface area contributed by atoms with E-state index in [9.17, 15) is 0 Å². The van der Waals surface area contributed by atoms with Crippen molar-refractivity contribution in [2.45, 2.75) is 12.6 Å². The lowest BCUT2D eigenvalue weighted by molar-refractivity contribution is 0.160. The average molecular weight is 287 g/mol. The van der Waals surface area contributed by atoms with Gasteiger partial charge in [-0.25, -0.2) is 0 Å². The third-order valence-electron chi connectivity index (χ3n) is 2.29. The van der Waals surface area contributed by atoms with Gasteiger partial charge in [0.15, 0.2) is 0 Å². The molecule has 0 fully saturated rings. The lowest BCUT2D eigenvalue weighted by atomic mass is 10.2. The molecular weight excluding hydrogens is 268 g/mol. The van der Waals surface area contributed by atoms with Gasteiger partial charge in [0, 0.05) is 30.7 Å². The summed E-state index contributed by atoms with van der Waals surface area (Å²) in [5.74, 6) is 0. The molecule has 1 rings (SSSR count). The van der Waals surface area contributed by atoms with Crippen LogP contribution in [0.2, 0.25) is 0 Å². The molecule has 0 heterocycles. The van der Waals surface area contributed by atoms with E-state index in [0.29, 0.717) is 6.61 Å². The third-order valence-corrected chi connectivity index (χ3v) is 2.82. The summed E-state index contributed by atoms with van der Waals surface area (Å²) in [6.45, 7) is 2.35. The van der Waals surface area contributed by atoms with Crippen LogP contribution in [0, 0.1) is 0 Å². The van der Waals surface area contributed by atoms with Crippen molar-refractivity contribution < 1.29 is 4.74 Å². The first-order valence-corrected chi connectivity index (χ1v) is 6.08. The van der Waals surface area contributed by atoms with Crippen molar-refractivity contribution in [2.75, 3.05) is 27.3 Å². The van der Waals surface area contributed by atoms with Gasteiger partial charge in [0.25, 0.3) is 0 Å². The van der Waals surface area contributed by atoms with E-state index in [2.05, 4.69) is 52.1 Å². The molecule has 0 saturated heterocycles.